The Kier molecular flexibility index (Phi) is 5.49. The largest absolute Gasteiger partial charge is 0.353 e. The number of carbonyl (C=O) groups is 1. The molecule has 0 aromatic rings. The van der Waals surface area contributed by atoms with Crippen molar-refractivity contribution in [2.24, 2.45) is 22.7 Å². The molecule has 0 bridgehead atoms. The number of amides is 1. The molecule has 1 heterocycles. The summed E-state index contributed by atoms with van der Waals surface area (Å²) in [6.45, 7) is 9.17. The molecular formula is C18H33ClN2O. The van der Waals surface area contributed by atoms with E-state index in [-0.39, 0.29) is 12.4 Å². The second-order valence-corrected chi connectivity index (χ2v) is 8.74. The van der Waals surface area contributed by atoms with Gasteiger partial charge < -0.3 is 10.6 Å². The Bertz CT molecular complexity index is 398. The molecule has 3 rings (SSSR count). The van der Waals surface area contributed by atoms with E-state index < -0.39 is 0 Å². The summed E-state index contributed by atoms with van der Waals surface area (Å²) in [4.78, 5) is 12.7. The van der Waals surface area contributed by atoms with Crippen LogP contribution in [-0.2, 0) is 4.79 Å². The molecule has 1 aliphatic heterocycles. The van der Waals surface area contributed by atoms with Crippen LogP contribution >= 0.6 is 12.4 Å². The van der Waals surface area contributed by atoms with E-state index >= 15 is 0 Å². The van der Waals surface area contributed by atoms with Gasteiger partial charge in [-0.2, -0.15) is 0 Å². The molecule has 1 amide bonds. The van der Waals surface area contributed by atoms with Gasteiger partial charge in [-0.3, -0.25) is 4.79 Å². The van der Waals surface area contributed by atoms with E-state index in [0.29, 0.717) is 34.6 Å². The van der Waals surface area contributed by atoms with Crippen LogP contribution in [0.1, 0.15) is 65.7 Å². The van der Waals surface area contributed by atoms with Gasteiger partial charge in [0.2, 0.25) is 5.91 Å². The number of hydrogen-bond donors (Lipinski definition) is 2. The lowest BCUT2D eigenvalue weighted by atomic mass is 9.69. The molecule has 1 saturated heterocycles. The van der Waals surface area contributed by atoms with Gasteiger partial charge in [0.05, 0.1) is 0 Å². The zero-order valence-corrected chi connectivity index (χ0v) is 15.2. The third kappa shape index (κ3) is 3.62. The zero-order chi connectivity index (χ0) is 15.1. The fraction of sp³-hybridized carbons (Fsp3) is 0.944. The fourth-order valence-corrected chi connectivity index (χ4v) is 4.82. The van der Waals surface area contributed by atoms with Gasteiger partial charge in [-0.15, -0.1) is 12.4 Å². The molecule has 3 unspecified atom stereocenters. The minimum Gasteiger partial charge on any atom is -0.353 e. The van der Waals surface area contributed by atoms with Crippen molar-refractivity contribution in [2.45, 2.75) is 71.8 Å². The molecule has 128 valence electrons. The van der Waals surface area contributed by atoms with Crippen LogP contribution in [0.5, 0.6) is 0 Å². The van der Waals surface area contributed by atoms with Gasteiger partial charge >= 0.3 is 0 Å². The van der Waals surface area contributed by atoms with Gasteiger partial charge in [-0.25, -0.2) is 0 Å². The predicted octanol–water partition coefficient (Wildman–Crippen LogP) is 3.52. The second-order valence-electron chi connectivity index (χ2n) is 8.74. The maximum absolute atomic E-state index is 12.7. The standard InChI is InChI=1S/C18H32N2O.ClH/c1-17(2,3)13-6-4-5-7-15(13)20-16(21)14-12-18(14)8-10-19-11-9-18;/h13-15,19H,4-12H2,1-3H3,(H,20,21);1H. The molecule has 3 nitrogen and oxygen atoms in total. The Morgan fingerprint density at radius 1 is 1.14 bits per heavy atom. The average Bonchev–Trinajstić information content (AvgIpc) is 3.12. The summed E-state index contributed by atoms with van der Waals surface area (Å²) in [5, 5.41) is 6.87. The molecule has 2 saturated carbocycles. The molecule has 3 aliphatic rings. The van der Waals surface area contributed by atoms with Gasteiger partial charge in [-0.1, -0.05) is 33.6 Å². The summed E-state index contributed by atoms with van der Waals surface area (Å²) in [7, 11) is 0. The SMILES string of the molecule is CC(C)(C)C1CCCCC1NC(=O)C1CC12CCNCC2.Cl. The van der Waals surface area contributed by atoms with E-state index in [9.17, 15) is 4.79 Å². The summed E-state index contributed by atoms with van der Waals surface area (Å²) in [6, 6.07) is 0.408. The fourth-order valence-electron chi connectivity index (χ4n) is 4.82. The lowest BCUT2D eigenvalue weighted by Crippen LogP contribution is -2.47. The maximum atomic E-state index is 12.7. The predicted molar refractivity (Wildman–Crippen MR) is 93.2 cm³/mol. The van der Waals surface area contributed by atoms with E-state index in [1.807, 2.05) is 0 Å². The van der Waals surface area contributed by atoms with Gasteiger partial charge in [0, 0.05) is 12.0 Å². The summed E-state index contributed by atoms with van der Waals surface area (Å²) in [6.07, 6.45) is 8.57. The first-order valence-electron chi connectivity index (χ1n) is 8.93. The van der Waals surface area contributed by atoms with Crippen molar-refractivity contribution in [1.82, 2.24) is 10.6 Å². The lowest BCUT2D eigenvalue weighted by Gasteiger charge is -2.41. The minimum absolute atomic E-state index is 0. The molecule has 3 fully saturated rings. The molecule has 2 N–H and O–H groups in total. The number of hydrogen-bond acceptors (Lipinski definition) is 2. The molecule has 4 heteroatoms. The van der Waals surface area contributed by atoms with Crippen molar-refractivity contribution < 1.29 is 4.79 Å². The van der Waals surface area contributed by atoms with Gasteiger partial charge in [-0.05, 0) is 61.9 Å². The van der Waals surface area contributed by atoms with Crippen molar-refractivity contribution in [3.05, 3.63) is 0 Å². The zero-order valence-electron chi connectivity index (χ0n) is 14.4. The van der Waals surface area contributed by atoms with Crippen LogP contribution in [0.25, 0.3) is 0 Å². The molecule has 2 aliphatic carbocycles. The molecule has 22 heavy (non-hydrogen) atoms. The van der Waals surface area contributed by atoms with Gasteiger partial charge in [0.25, 0.3) is 0 Å². The number of rotatable bonds is 2. The summed E-state index contributed by atoms with van der Waals surface area (Å²) >= 11 is 0. The van der Waals surface area contributed by atoms with Crippen LogP contribution in [0, 0.1) is 22.7 Å². The minimum atomic E-state index is 0. The monoisotopic (exact) mass is 328 g/mol. The van der Waals surface area contributed by atoms with Crippen LogP contribution in [0.15, 0.2) is 0 Å². The average molecular weight is 329 g/mol. The first kappa shape index (κ1) is 18.1. The van der Waals surface area contributed by atoms with Gasteiger partial charge in [0.15, 0.2) is 0 Å². The summed E-state index contributed by atoms with van der Waals surface area (Å²) in [5.74, 6) is 1.30. The molecular weight excluding hydrogens is 296 g/mol. The molecule has 0 aromatic carbocycles. The quantitative estimate of drug-likeness (QED) is 0.814. The van der Waals surface area contributed by atoms with E-state index in [4.69, 9.17) is 0 Å². The Morgan fingerprint density at radius 2 is 1.77 bits per heavy atom. The van der Waals surface area contributed by atoms with E-state index in [2.05, 4.69) is 31.4 Å². The first-order chi connectivity index (χ1) is 9.92. The Balaban J connectivity index is 0.00000176. The summed E-state index contributed by atoms with van der Waals surface area (Å²) in [5.41, 5.74) is 0.662. The van der Waals surface area contributed by atoms with Crippen molar-refractivity contribution in [1.29, 1.82) is 0 Å². The van der Waals surface area contributed by atoms with Crippen molar-refractivity contribution in [2.75, 3.05) is 13.1 Å². The van der Waals surface area contributed by atoms with Crippen LogP contribution < -0.4 is 10.6 Å². The maximum Gasteiger partial charge on any atom is 0.223 e. The highest BCUT2D eigenvalue weighted by Gasteiger charge is 2.58. The van der Waals surface area contributed by atoms with E-state index in [1.54, 1.807) is 0 Å². The third-order valence-electron chi connectivity index (χ3n) is 6.31. The van der Waals surface area contributed by atoms with Crippen LogP contribution in [0.4, 0.5) is 0 Å². The number of nitrogens with one attached hydrogen (secondary N) is 2. The smallest absolute Gasteiger partial charge is 0.223 e. The Hall–Kier alpha value is -0.280. The highest BCUT2D eigenvalue weighted by Crippen LogP contribution is 2.58. The topological polar surface area (TPSA) is 41.1 Å². The molecule has 1 spiro atoms. The highest BCUT2D eigenvalue weighted by molar-refractivity contribution is 5.85. The van der Waals surface area contributed by atoms with Gasteiger partial charge in [0.1, 0.15) is 0 Å². The van der Waals surface area contributed by atoms with E-state index in [1.165, 1.54) is 38.5 Å². The molecule has 0 radical (unpaired) electrons. The van der Waals surface area contributed by atoms with E-state index in [0.717, 1.165) is 19.5 Å². The normalized spacial score (nSPS) is 33.9. The first-order valence-corrected chi connectivity index (χ1v) is 8.93. The Labute approximate surface area is 141 Å². The number of halogens is 1. The number of piperidine rings is 1. The molecule has 3 atom stereocenters. The highest BCUT2D eigenvalue weighted by atomic mass is 35.5. The lowest BCUT2D eigenvalue weighted by molar-refractivity contribution is -0.125. The summed E-state index contributed by atoms with van der Waals surface area (Å²) < 4.78 is 0. The van der Waals surface area contributed by atoms with Crippen molar-refractivity contribution in [3.63, 3.8) is 0 Å². The van der Waals surface area contributed by atoms with Crippen LogP contribution in [0.2, 0.25) is 0 Å². The van der Waals surface area contributed by atoms with Crippen molar-refractivity contribution >= 4 is 18.3 Å². The second kappa shape index (κ2) is 6.68. The van der Waals surface area contributed by atoms with Crippen LogP contribution in [0.3, 0.4) is 0 Å². The number of carbonyl (C=O) groups excluding carboxylic acids is 1. The third-order valence-corrected chi connectivity index (χ3v) is 6.31. The Morgan fingerprint density at radius 3 is 2.41 bits per heavy atom. The molecule has 0 aromatic heterocycles. The van der Waals surface area contributed by atoms with Crippen molar-refractivity contribution in [3.8, 4) is 0 Å². The van der Waals surface area contributed by atoms with Crippen LogP contribution in [-0.4, -0.2) is 25.0 Å².